The first-order valence-electron chi connectivity index (χ1n) is 24.5. The molecule has 6 nitrogen and oxygen atoms in total. The highest BCUT2D eigenvalue weighted by Gasteiger charge is 2.26. The van der Waals surface area contributed by atoms with Crippen molar-refractivity contribution < 1.29 is 22.9 Å². The molecule has 1 amide bonds. The second kappa shape index (κ2) is 44.6. The van der Waals surface area contributed by atoms with Crippen LogP contribution < -0.4 is 5.32 Å². The van der Waals surface area contributed by atoms with Crippen LogP contribution in [0.5, 0.6) is 0 Å². The average Bonchev–Trinajstić information content (AvgIpc) is 3.19. The van der Waals surface area contributed by atoms with Crippen LogP contribution in [0.1, 0.15) is 239 Å². The maximum Gasteiger partial charge on any atom is 0.266 e. The summed E-state index contributed by atoms with van der Waals surface area (Å²) >= 11 is 0. The Labute approximate surface area is 360 Å². The highest BCUT2D eigenvalue weighted by Crippen LogP contribution is 2.17. The number of unbranched alkanes of at least 4 members (excludes halogenated alkanes) is 26. The third-order valence-corrected chi connectivity index (χ3v) is 11.8. The van der Waals surface area contributed by atoms with Crippen LogP contribution in [0.4, 0.5) is 0 Å². The van der Waals surface area contributed by atoms with Crippen molar-refractivity contribution in [2.45, 2.75) is 251 Å². The first-order chi connectivity index (χ1) is 28.3. The number of carbonyl (C=O) groups is 1. The van der Waals surface area contributed by atoms with Gasteiger partial charge in [0.2, 0.25) is 5.91 Å². The highest BCUT2D eigenvalue weighted by atomic mass is 32.2. The van der Waals surface area contributed by atoms with Crippen LogP contribution in [0.25, 0.3) is 0 Å². The molecule has 0 heterocycles. The van der Waals surface area contributed by atoms with E-state index in [2.05, 4.69) is 79.9 Å². The summed E-state index contributed by atoms with van der Waals surface area (Å²) in [4.78, 5) is 12.6. The van der Waals surface area contributed by atoms with Crippen molar-refractivity contribution in [3.05, 3.63) is 60.8 Å². The van der Waals surface area contributed by atoms with E-state index in [1.54, 1.807) is 0 Å². The Balaban J connectivity index is 3.82. The number of aliphatic hydroxyl groups excluding tert-OH is 1. The number of aliphatic hydroxyl groups is 1. The summed E-state index contributed by atoms with van der Waals surface area (Å²) in [6.07, 6.45) is 61.8. The van der Waals surface area contributed by atoms with Gasteiger partial charge in [0.05, 0.1) is 17.9 Å². The Morgan fingerprint density at radius 3 is 1.22 bits per heavy atom. The van der Waals surface area contributed by atoms with E-state index in [1.807, 2.05) is 0 Å². The summed E-state index contributed by atoms with van der Waals surface area (Å²) in [5.74, 6) is -0.910. The van der Waals surface area contributed by atoms with Gasteiger partial charge < -0.3 is 10.4 Å². The van der Waals surface area contributed by atoms with E-state index >= 15 is 0 Å². The molecule has 2 atom stereocenters. The average molecular weight is 832 g/mol. The number of rotatable bonds is 44. The normalized spacial score (nSPS) is 13.7. The van der Waals surface area contributed by atoms with Crippen LogP contribution in [-0.4, -0.2) is 41.9 Å². The minimum Gasteiger partial charge on any atom is -0.391 e. The predicted molar refractivity (Wildman–Crippen MR) is 253 cm³/mol. The molecule has 0 rings (SSSR count). The molecule has 0 aromatic rings. The monoisotopic (exact) mass is 832 g/mol. The van der Waals surface area contributed by atoms with Crippen molar-refractivity contribution in [3.63, 3.8) is 0 Å². The Morgan fingerprint density at radius 1 is 0.483 bits per heavy atom. The smallest absolute Gasteiger partial charge is 0.266 e. The molecule has 0 saturated heterocycles. The number of hydrogen-bond donors (Lipinski definition) is 3. The Bertz CT molecular complexity index is 1140. The van der Waals surface area contributed by atoms with Gasteiger partial charge in [-0.05, 0) is 57.8 Å². The lowest BCUT2D eigenvalue weighted by molar-refractivity contribution is -0.122. The SMILES string of the molecule is CC/C=C\C/C=C\C/C=C\C/C=C\C/C=C\CCCCCCCCCC(=O)NC(CS(=O)(=O)O)C(O)CCCCCCCCCCCCCCCCCCCCCC. The molecule has 0 aliphatic carbocycles. The van der Waals surface area contributed by atoms with Gasteiger partial charge in [0.1, 0.15) is 0 Å². The Morgan fingerprint density at radius 2 is 0.828 bits per heavy atom. The van der Waals surface area contributed by atoms with Gasteiger partial charge in [-0.1, -0.05) is 235 Å². The molecule has 0 aliphatic heterocycles. The summed E-state index contributed by atoms with van der Waals surface area (Å²) in [7, 11) is -4.32. The molecule has 0 radical (unpaired) electrons. The number of allylic oxidation sites excluding steroid dienone is 10. The summed E-state index contributed by atoms with van der Waals surface area (Å²) in [5, 5.41) is 13.4. The third kappa shape index (κ3) is 45.1. The molecule has 2 unspecified atom stereocenters. The molecule has 0 aromatic carbocycles. The fraction of sp³-hybridized carbons (Fsp3) is 0.784. The minimum atomic E-state index is -4.32. The maximum atomic E-state index is 12.6. The van der Waals surface area contributed by atoms with E-state index in [-0.39, 0.29) is 5.91 Å². The van der Waals surface area contributed by atoms with Gasteiger partial charge in [-0.3, -0.25) is 9.35 Å². The van der Waals surface area contributed by atoms with Crippen LogP contribution >= 0.6 is 0 Å². The summed E-state index contributed by atoms with van der Waals surface area (Å²) in [6, 6.07) is -0.981. The van der Waals surface area contributed by atoms with Crippen molar-refractivity contribution >= 4 is 16.0 Å². The second-order valence-corrected chi connectivity index (χ2v) is 18.2. The molecule has 0 saturated carbocycles. The number of hydrogen-bond acceptors (Lipinski definition) is 4. The van der Waals surface area contributed by atoms with Crippen LogP contribution in [0.3, 0.4) is 0 Å². The number of amides is 1. The van der Waals surface area contributed by atoms with Gasteiger partial charge in [0.15, 0.2) is 0 Å². The molecule has 7 heteroatoms. The van der Waals surface area contributed by atoms with Gasteiger partial charge in [-0.2, -0.15) is 8.42 Å². The van der Waals surface area contributed by atoms with Crippen LogP contribution in [0.15, 0.2) is 60.8 Å². The molecular weight excluding hydrogens is 739 g/mol. The number of carbonyl (C=O) groups excluding carboxylic acids is 1. The standard InChI is InChI=1S/C51H93NO5S/c1-3-5-7-9-11-13-15-17-19-21-23-25-26-27-29-31-33-35-37-39-41-43-45-47-51(54)52-49(48-58(55,56)57)50(53)46-44-42-40-38-36-34-32-30-28-24-22-20-18-16-14-12-10-8-6-4-2/h5,7,11,13,17,19,23,25,27,29,49-50,53H,3-4,6,8-10,12,14-16,18,20-22,24,26,28,30-48H2,1-2H3,(H,52,54)(H,55,56,57)/b7-5-,13-11-,19-17-,25-23-,29-27-. The van der Waals surface area contributed by atoms with Crippen LogP contribution in [0, 0.1) is 0 Å². The van der Waals surface area contributed by atoms with Crippen molar-refractivity contribution in [2.75, 3.05) is 5.75 Å². The fourth-order valence-corrected chi connectivity index (χ4v) is 8.12. The van der Waals surface area contributed by atoms with Crippen LogP contribution in [-0.2, 0) is 14.9 Å². The van der Waals surface area contributed by atoms with E-state index < -0.39 is 28.0 Å². The molecule has 0 spiro atoms. The number of nitrogens with one attached hydrogen (secondary N) is 1. The summed E-state index contributed by atoms with van der Waals surface area (Å²) < 4.78 is 32.7. The first kappa shape index (κ1) is 56.0. The summed E-state index contributed by atoms with van der Waals surface area (Å²) in [6.45, 7) is 4.43. The highest BCUT2D eigenvalue weighted by molar-refractivity contribution is 7.85. The molecule has 3 N–H and O–H groups in total. The summed E-state index contributed by atoms with van der Waals surface area (Å²) in [5.41, 5.74) is 0. The van der Waals surface area contributed by atoms with Gasteiger partial charge in [-0.15, -0.1) is 0 Å². The third-order valence-electron chi connectivity index (χ3n) is 11.0. The predicted octanol–water partition coefficient (Wildman–Crippen LogP) is 15.2. The lowest BCUT2D eigenvalue weighted by Crippen LogP contribution is -2.47. The molecule has 338 valence electrons. The van der Waals surface area contributed by atoms with Gasteiger partial charge >= 0.3 is 0 Å². The largest absolute Gasteiger partial charge is 0.391 e. The zero-order valence-electron chi connectivity index (χ0n) is 37.9. The van der Waals surface area contributed by atoms with Gasteiger partial charge in [0.25, 0.3) is 10.1 Å². The van der Waals surface area contributed by atoms with Crippen molar-refractivity contribution in [3.8, 4) is 0 Å². The van der Waals surface area contributed by atoms with Crippen molar-refractivity contribution in [2.24, 2.45) is 0 Å². The molecule has 0 fully saturated rings. The van der Waals surface area contributed by atoms with E-state index in [9.17, 15) is 22.9 Å². The Kier molecular flexibility index (Phi) is 43.1. The van der Waals surface area contributed by atoms with E-state index in [0.717, 1.165) is 83.5 Å². The molecule has 0 aromatic heterocycles. The van der Waals surface area contributed by atoms with Gasteiger partial charge in [0, 0.05) is 6.42 Å². The lowest BCUT2D eigenvalue weighted by atomic mass is 10.0. The first-order valence-corrected chi connectivity index (χ1v) is 26.1. The Hall–Kier alpha value is -1.96. The van der Waals surface area contributed by atoms with E-state index in [4.69, 9.17) is 0 Å². The lowest BCUT2D eigenvalue weighted by Gasteiger charge is -2.23. The van der Waals surface area contributed by atoms with E-state index in [1.165, 1.54) is 128 Å². The zero-order chi connectivity index (χ0) is 42.5. The van der Waals surface area contributed by atoms with Crippen molar-refractivity contribution in [1.82, 2.24) is 5.32 Å². The molecule has 0 bridgehead atoms. The van der Waals surface area contributed by atoms with Crippen molar-refractivity contribution in [1.29, 1.82) is 0 Å². The molecular formula is C51H93NO5S. The van der Waals surface area contributed by atoms with Gasteiger partial charge in [-0.25, -0.2) is 0 Å². The van der Waals surface area contributed by atoms with Crippen LogP contribution in [0.2, 0.25) is 0 Å². The maximum absolute atomic E-state index is 12.6. The fourth-order valence-electron chi connectivity index (χ4n) is 7.36. The zero-order valence-corrected chi connectivity index (χ0v) is 38.7. The topological polar surface area (TPSA) is 104 Å². The van der Waals surface area contributed by atoms with E-state index in [0.29, 0.717) is 12.8 Å². The minimum absolute atomic E-state index is 0.256. The molecule has 58 heavy (non-hydrogen) atoms. The second-order valence-electron chi connectivity index (χ2n) is 16.7. The molecule has 0 aliphatic rings. The quantitative estimate of drug-likeness (QED) is 0.0322.